The highest BCUT2D eigenvalue weighted by molar-refractivity contribution is 7.93. The predicted molar refractivity (Wildman–Crippen MR) is 101 cm³/mol. The third kappa shape index (κ3) is 6.63. The molecule has 1 saturated heterocycles. The minimum atomic E-state index is -3.18. The van der Waals surface area contributed by atoms with Gasteiger partial charge in [0.1, 0.15) is 0 Å². The third-order valence-electron chi connectivity index (χ3n) is 4.51. The zero-order valence-electron chi connectivity index (χ0n) is 15.2. The first kappa shape index (κ1) is 19.7. The van der Waals surface area contributed by atoms with Gasteiger partial charge in [-0.3, -0.25) is 9.69 Å². The second-order valence-corrected chi connectivity index (χ2v) is 8.97. The maximum absolute atomic E-state index is 12.4. The van der Waals surface area contributed by atoms with Crippen LogP contribution in [0, 0.1) is 5.92 Å². The topological polar surface area (TPSA) is 66.5 Å². The van der Waals surface area contributed by atoms with Crippen LogP contribution in [0.4, 0.5) is 0 Å². The molecule has 1 N–H and O–H groups in total. The summed E-state index contributed by atoms with van der Waals surface area (Å²) in [6.07, 6.45) is 4.76. The van der Waals surface area contributed by atoms with E-state index in [0.717, 1.165) is 31.1 Å². The Labute approximate surface area is 151 Å². The van der Waals surface area contributed by atoms with Gasteiger partial charge in [-0.2, -0.15) is 0 Å². The van der Waals surface area contributed by atoms with Gasteiger partial charge in [0.15, 0.2) is 9.84 Å². The molecule has 1 amide bonds. The zero-order valence-corrected chi connectivity index (χ0v) is 16.0. The van der Waals surface area contributed by atoms with Crippen LogP contribution >= 0.6 is 0 Å². The third-order valence-corrected chi connectivity index (χ3v) is 5.16. The zero-order chi connectivity index (χ0) is 18.4. The highest BCUT2D eigenvalue weighted by Crippen LogP contribution is 2.33. The van der Waals surface area contributed by atoms with Gasteiger partial charge in [0.25, 0.3) is 0 Å². The fourth-order valence-electron chi connectivity index (χ4n) is 3.19. The first-order valence-corrected chi connectivity index (χ1v) is 10.7. The molecule has 0 saturated carbocycles. The maximum atomic E-state index is 12.4. The number of likely N-dealkylation sites (tertiary alicyclic amines) is 1. The minimum Gasteiger partial charge on any atom is -0.349 e. The lowest BCUT2D eigenvalue weighted by Gasteiger charge is -2.38. The Morgan fingerprint density at radius 1 is 1.36 bits per heavy atom. The van der Waals surface area contributed by atoms with Gasteiger partial charge in [0.05, 0.1) is 6.54 Å². The summed E-state index contributed by atoms with van der Waals surface area (Å²) in [5.74, 6) is 0.558. The fourth-order valence-corrected chi connectivity index (χ4v) is 3.72. The quantitative estimate of drug-likeness (QED) is 0.842. The van der Waals surface area contributed by atoms with E-state index in [1.54, 1.807) is 6.92 Å². The van der Waals surface area contributed by atoms with E-state index >= 15 is 0 Å². The van der Waals surface area contributed by atoms with Gasteiger partial charge in [-0.05, 0) is 37.8 Å². The number of carbonyl (C=O) groups is 1. The van der Waals surface area contributed by atoms with Crippen LogP contribution < -0.4 is 5.32 Å². The van der Waals surface area contributed by atoms with Gasteiger partial charge in [-0.15, -0.1) is 0 Å². The number of hydrogen-bond acceptors (Lipinski definition) is 4. The number of carbonyl (C=O) groups excluding carboxylic acids is 1. The van der Waals surface area contributed by atoms with Gasteiger partial charge >= 0.3 is 0 Å². The predicted octanol–water partition coefficient (Wildman–Crippen LogP) is 2.52. The monoisotopic (exact) mass is 364 g/mol. The van der Waals surface area contributed by atoms with E-state index in [2.05, 4.69) is 29.3 Å². The lowest BCUT2D eigenvalue weighted by molar-refractivity contribution is -0.123. The van der Waals surface area contributed by atoms with Crippen molar-refractivity contribution in [3.63, 3.8) is 0 Å². The lowest BCUT2D eigenvalue weighted by atomic mass is 9.88. The number of hydrogen-bond donors (Lipinski definition) is 1. The Bertz CT molecular complexity index is 701. The molecule has 25 heavy (non-hydrogen) atoms. The SMILES string of the molecule is C[C@@H]1CCN(CC(=O)N[C@H](C)/C=C\S(C)(=O)=O)[C@H](c2ccccc2)C1. The Kier molecular flexibility index (Phi) is 6.79. The van der Waals surface area contributed by atoms with Crippen molar-refractivity contribution in [2.24, 2.45) is 5.92 Å². The van der Waals surface area contributed by atoms with Crippen molar-refractivity contribution in [3.05, 3.63) is 47.4 Å². The maximum Gasteiger partial charge on any atom is 0.234 e. The molecule has 1 heterocycles. The molecule has 1 aromatic carbocycles. The van der Waals surface area contributed by atoms with E-state index in [0.29, 0.717) is 12.5 Å². The van der Waals surface area contributed by atoms with Crippen LogP contribution in [-0.4, -0.2) is 44.6 Å². The van der Waals surface area contributed by atoms with Crippen LogP contribution in [0.1, 0.15) is 38.3 Å². The molecule has 3 atom stereocenters. The number of nitrogens with one attached hydrogen (secondary N) is 1. The average Bonchev–Trinajstić information content (AvgIpc) is 2.55. The number of sulfone groups is 1. The van der Waals surface area contributed by atoms with Gasteiger partial charge in [-0.25, -0.2) is 8.42 Å². The standard InChI is InChI=1S/C19H28N2O3S/c1-15-9-11-21(18(13-15)17-7-5-4-6-8-17)14-19(22)20-16(2)10-12-25(3,23)24/h4-8,10,12,15-16,18H,9,11,13-14H2,1-3H3,(H,20,22)/b12-10-/t15-,16-,18+/m1/s1. The first-order valence-electron chi connectivity index (χ1n) is 8.71. The Hall–Kier alpha value is -1.66. The molecular formula is C19H28N2O3S. The summed E-state index contributed by atoms with van der Waals surface area (Å²) < 4.78 is 22.3. The van der Waals surface area contributed by atoms with Crippen molar-refractivity contribution >= 4 is 15.7 Å². The molecule has 138 valence electrons. The summed E-state index contributed by atoms with van der Waals surface area (Å²) in [4.78, 5) is 14.6. The molecular weight excluding hydrogens is 336 g/mol. The van der Waals surface area contributed by atoms with E-state index in [1.807, 2.05) is 18.2 Å². The highest BCUT2D eigenvalue weighted by Gasteiger charge is 2.28. The number of amides is 1. The van der Waals surface area contributed by atoms with Crippen molar-refractivity contribution in [2.75, 3.05) is 19.3 Å². The molecule has 0 bridgehead atoms. The largest absolute Gasteiger partial charge is 0.349 e. The van der Waals surface area contributed by atoms with E-state index in [1.165, 1.54) is 11.6 Å². The van der Waals surface area contributed by atoms with Crippen LogP contribution in [-0.2, 0) is 14.6 Å². The molecule has 0 unspecified atom stereocenters. The van der Waals surface area contributed by atoms with Gasteiger partial charge in [0.2, 0.25) is 5.91 Å². The van der Waals surface area contributed by atoms with Crippen LogP contribution in [0.3, 0.4) is 0 Å². The van der Waals surface area contributed by atoms with Gasteiger partial charge in [0, 0.05) is 23.7 Å². The van der Waals surface area contributed by atoms with Crippen LogP contribution in [0.25, 0.3) is 0 Å². The Morgan fingerprint density at radius 2 is 2.04 bits per heavy atom. The van der Waals surface area contributed by atoms with Gasteiger partial charge in [-0.1, -0.05) is 43.3 Å². The Morgan fingerprint density at radius 3 is 2.68 bits per heavy atom. The van der Waals surface area contributed by atoms with E-state index in [4.69, 9.17) is 0 Å². The van der Waals surface area contributed by atoms with E-state index < -0.39 is 9.84 Å². The molecule has 1 aliphatic rings. The normalized spacial score (nSPS) is 23.5. The second-order valence-electron chi connectivity index (χ2n) is 7.04. The van der Waals surface area contributed by atoms with Crippen molar-refractivity contribution < 1.29 is 13.2 Å². The smallest absolute Gasteiger partial charge is 0.234 e. The van der Waals surface area contributed by atoms with E-state index in [-0.39, 0.29) is 18.0 Å². The molecule has 1 aliphatic heterocycles. The first-order chi connectivity index (χ1) is 11.7. The molecule has 2 rings (SSSR count). The summed E-state index contributed by atoms with van der Waals surface area (Å²) >= 11 is 0. The van der Waals surface area contributed by atoms with Gasteiger partial charge < -0.3 is 5.32 Å². The lowest BCUT2D eigenvalue weighted by Crippen LogP contribution is -2.44. The molecule has 0 aliphatic carbocycles. The van der Waals surface area contributed by atoms with Crippen molar-refractivity contribution in [1.82, 2.24) is 10.2 Å². The van der Waals surface area contributed by atoms with Crippen molar-refractivity contribution in [2.45, 2.75) is 38.8 Å². The summed E-state index contributed by atoms with van der Waals surface area (Å²) in [6, 6.07) is 10.2. The molecule has 1 aromatic rings. The molecule has 0 spiro atoms. The summed E-state index contributed by atoms with van der Waals surface area (Å²) in [6.45, 7) is 5.24. The summed E-state index contributed by atoms with van der Waals surface area (Å²) in [5, 5.41) is 3.98. The molecule has 0 radical (unpaired) electrons. The second kappa shape index (κ2) is 8.63. The fraction of sp³-hybridized carbons (Fsp3) is 0.526. The summed E-state index contributed by atoms with van der Waals surface area (Å²) in [5.41, 5.74) is 1.24. The molecule has 1 fully saturated rings. The summed E-state index contributed by atoms with van der Waals surface area (Å²) in [7, 11) is -3.18. The van der Waals surface area contributed by atoms with Crippen LogP contribution in [0.2, 0.25) is 0 Å². The number of benzene rings is 1. The number of piperidine rings is 1. The van der Waals surface area contributed by atoms with Crippen LogP contribution in [0.5, 0.6) is 0 Å². The molecule has 0 aromatic heterocycles. The highest BCUT2D eigenvalue weighted by atomic mass is 32.2. The van der Waals surface area contributed by atoms with E-state index in [9.17, 15) is 13.2 Å². The number of rotatable bonds is 6. The molecule has 6 heteroatoms. The number of nitrogens with zero attached hydrogens (tertiary/aromatic N) is 1. The minimum absolute atomic E-state index is 0.0823. The Balaban J connectivity index is 1.99. The van der Waals surface area contributed by atoms with Crippen LogP contribution in [0.15, 0.2) is 41.8 Å². The molecule has 5 nitrogen and oxygen atoms in total. The van der Waals surface area contributed by atoms with Crippen molar-refractivity contribution in [1.29, 1.82) is 0 Å². The van der Waals surface area contributed by atoms with Crippen molar-refractivity contribution in [3.8, 4) is 0 Å². The average molecular weight is 365 g/mol.